The number of nitrogens with zero attached hydrogens (tertiary/aromatic N) is 2. The number of guanidine groups is 1. The lowest BCUT2D eigenvalue weighted by Gasteiger charge is -2.23. The molecule has 5 heteroatoms. The molecule has 1 rings (SSSR count). The van der Waals surface area contributed by atoms with E-state index >= 15 is 0 Å². The number of hydrogen-bond acceptors (Lipinski definition) is 2. The van der Waals surface area contributed by atoms with Gasteiger partial charge in [0.1, 0.15) is 0 Å². The molecule has 0 saturated heterocycles. The molecular formula is C17H31IN4. The molecule has 126 valence electrons. The van der Waals surface area contributed by atoms with Crippen molar-refractivity contribution in [3.05, 3.63) is 29.8 Å². The number of hydrogen-bond donors (Lipinski definition) is 2. The summed E-state index contributed by atoms with van der Waals surface area (Å²) in [7, 11) is 5.93. The third-order valence-corrected chi connectivity index (χ3v) is 3.10. The van der Waals surface area contributed by atoms with Gasteiger partial charge >= 0.3 is 0 Å². The van der Waals surface area contributed by atoms with Crippen molar-refractivity contribution in [1.82, 2.24) is 10.6 Å². The van der Waals surface area contributed by atoms with Gasteiger partial charge in [0.05, 0.1) is 0 Å². The van der Waals surface area contributed by atoms with Crippen LogP contribution in [0.1, 0.15) is 32.8 Å². The predicted molar refractivity (Wildman–Crippen MR) is 109 cm³/mol. The van der Waals surface area contributed by atoms with Gasteiger partial charge in [0.15, 0.2) is 5.96 Å². The fraction of sp³-hybridized carbons (Fsp3) is 0.588. The topological polar surface area (TPSA) is 39.7 Å². The van der Waals surface area contributed by atoms with E-state index in [4.69, 9.17) is 0 Å². The first-order chi connectivity index (χ1) is 9.81. The molecule has 22 heavy (non-hydrogen) atoms. The second-order valence-corrected chi connectivity index (χ2v) is 6.54. The summed E-state index contributed by atoms with van der Waals surface area (Å²) in [6, 6.07) is 8.75. The quantitative estimate of drug-likeness (QED) is 0.334. The highest BCUT2D eigenvalue weighted by Crippen LogP contribution is 2.13. The van der Waals surface area contributed by atoms with Crippen LogP contribution in [0.3, 0.4) is 0 Å². The van der Waals surface area contributed by atoms with Gasteiger partial charge in [0.25, 0.3) is 0 Å². The van der Waals surface area contributed by atoms with Gasteiger partial charge in [-0.1, -0.05) is 12.1 Å². The summed E-state index contributed by atoms with van der Waals surface area (Å²) in [5, 5.41) is 6.71. The molecule has 0 spiro atoms. The van der Waals surface area contributed by atoms with Crippen LogP contribution in [0.2, 0.25) is 0 Å². The zero-order valence-electron chi connectivity index (χ0n) is 14.7. The molecule has 1 aromatic carbocycles. The standard InChI is InChI=1S/C17H30N4.HI/c1-17(2,3)20-16(18-4)19-13-7-8-14-9-11-15(12-10-14)21(5)6;/h9-12H,7-8,13H2,1-6H3,(H2,18,19,20);1H. The first-order valence-corrected chi connectivity index (χ1v) is 7.57. The van der Waals surface area contributed by atoms with Crippen molar-refractivity contribution in [2.75, 3.05) is 32.6 Å². The molecule has 0 heterocycles. The Hall–Kier alpha value is -0.980. The number of aryl methyl sites for hydroxylation is 1. The van der Waals surface area contributed by atoms with Gasteiger partial charge in [-0.2, -0.15) is 0 Å². The summed E-state index contributed by atoms with van der Waals surface area (Å²) in [6.07, 6.45) is 2.17. The van der Waals surface area contributed by atoms with Crippen molar-refractivity contribution >= 4 is 35.6 Å². The zero-order valence-corrected chi connectivity index (χ0v) is 17.1. The maximum absolute atomic E-state index is 4.24. The van der Waals surface area contributed by atoms with Gasteiger partial charge in [-0.25, -0.2) is 0 Å². The summed E-state index contributed by atoms with van der Waals surface area (Å²) in [4.78, 5) is 6.36. The lowest BCUT2D eigenvalue weighted by Crippen LogP contribution is -2.47. The summed E-state index contributed by atoms with van der Waals surface area (Å²) in [6.45, 7) is 7.32. The Morgan fingerprint density at radius 2 is 1.73 bits per heavy atom. The Bertz CT molecular complexity index is 447. The van der Waals surface area contributed by atoms with E-state index in [9.17, 15) is 0 Å². The maximum atomic E-state index is 4.24. The van der Waals surface area contributed by atoms with Crippen molar-refractivity contribution in [1.29, 1.82) is 0 Å². The maximum Gasteiger partial charge on any atom is 0.191 e. The van der Waals surface area contributed by atoms with Crippen LogP contribution in [0, 0.1) is 0 Å². The molecule has 0 bridgehead atoms. The highest BCUT2D eigenvalue weighted by atomic mass is 127. The van der Waals surface area contributed by atoms with Gasteiger partial charge in [-0.15, -0.1) is 24.0 Å². The Labute approximate surface area is 152 Å². The van der Waals surface area contributed by atoms with Crippen LogP contribution in [-0.2, 0) is 6.42 Å². The number of anilines is 1. The second-order valence-electron chi connectivity index (χ2n) is 6.54. The minimum absolute atomic E-state index is 0. The number of nitrogens with one attached hydrogen (secondary N) is 2. The Balaban J connectivity index is 0.00000441. The summed E-state index contributed by atoms with van der Waals surface area (Å²) in [5.74, 6) is 0.866. The van der Waals surface area contributed by atoms with E-state index in [0.29, 0.717) is 0 Å². The predicted octanol–water partition coefficient (Wildman–Crippen LogP) is 3.27. The van der Waals surface area contributed by atoms with E-state index in [1.807, 2.05) is 0 Å². The van der Waals surface area contributed by atoms with Crippen molar-refractivity contribution in [2.24, 2.45) is 4.99 Å². The molecule has 0 saturated carbocycles. The average Bonchev–Trinajstić information content (AvgIpc) is 2.41. The number of aliphatic imine (C=N–C) groups is 1. The molecule has 0 radical (unpaired) electrons. The van der Waals surface area contributed by atoms with Crippen LogP contribution in [0.25, 0.3) is 0 Å². The van der Waals surface area contributed by atoms with Gasteiger partial charge in [-0.3, -0.25) is 4.99 Å². The third kappa shape index (κ3) is 8.46. The minimum Gasteiger partial charge on any atom is -0.378 e. The molecule has 0 aliphatic carbocycles. The molecular weight excluding hydrogens is 387 g/mol. The zero-order chi connectivity index (χ0) is 15.9. The fourth-order valence-corrected chi connectivity index (χ4v) is 1.99. The van der Waals surface area contributed by atoms with Crippen molar-refractivity contribution in [3.63, 3.8) is 0 Å². The number of halogens is 1. The van der Waals surface area contributed by atoms with E-state index in [2.05, 4.69) is 79.7 Å². The summed E-state index contributed by atoms with van der Waals surface area (Å²) in [5.41, 5.74) is 2.65. The van der Waals surface area contributed by atoms with Crippen LogP contribution < -0.4 is 15.5 Å². The Morgan fingerprint density at radius 3 is 2.18 bits per heavy atom. The first-order valence-electron chi connectivity index (χ1n) is 7.57. The smallest absolute Gasteiger partial charge is 0.191 e. The monoisotopic (exact) mass is 418 g/mol. The van der Waals surface area contributed by atoms with Crippen LogP contribution in [-0.4, -0.2) is 39.2 Å². The highest BCUT2D eigenvalue weighted by Gasteiger charge is 2.11. The van der Waals surface area contributed by atoms with E-state index in [0.717, 1.165) is 25.3 Å². The van der Waals surface area contributed by atoms with Crippen LogP contribution in [0.4, 0.5) is 5.69 Å². The van der Waals surface area contributed by atoms with Crippen LogP contribution in [0.5, 0.6) is 0 Å². The molecule has 0 aliphatic heterocycles. The van der Waals surface area contributed by atoms with Gasteiger partial charge in [0, 0.05) is 38.9 Å². The number of rotatable bonds is 5. The third-order valence-electron chi connectivity index (χ3n) is 3.10. The SMILES string of the molecule is CN=C(NCCCc1ccc(N(C)C)cc1)NC(C)(C)C.I. The highest BCUT2D eigenvalue weighted by molar-refractivity contribution is 14.0. The molecule has 0 amide bonds. The van der Waals surface area contributed by atoms with Gasteiger partial charge in [-0.05, 0) is 51.3 Å². The normalized spacial score (nSPS) is 11.6. The molecule has 0 aromatic heterocycles. The van der Waals surface area contributed by atoms with Gasteiger partial charge in [0.2, 0.25) is 0 Å². The van der Waals surface area contributed by atoms with E-state index in [1.165, 1.54) is 11.3 Å². The van der Waals surface area contributed by atoms with Crippen molar-refractivity contribution in [3.8, 4) is 0 Å². The fourth-order valence-electron chi connectivity index (χ4n) is 1.99. The summed E-state index contributed by atoms with van der Waals surface area (Å²) >= 11 is 0. The van der Waals surface area contributed by atoms with Gasteiger partial charge < -0.3 is 15.5 Å². The largest absolute Gasteiger partial charge is 0.378 e. The molecule has 2 N–H and O–H groups in total. The van der Waals surface area contributed by atoms with Crippen LogP contribution in [0.15, 0.2) is 29.3 Å². The lowest BCUT2D eigenvalue weighted by molar-refractivity contribution is 0.501. The molecule has 4 nitrogen and oxygen atoms in total. The number of benzene rings is 1. The lowest BCUT2D eigenvalue weighted by atomic mass is 10.1. The van der Waals surface area contributed by atoms with Crippen molar-refractivity contribution in [2.45, 2.75) is 39.2 Å². The first kappa shape index (κ1) is 21.0. The molecule has 0 aliphatic rings. The average molecular weight is 418 g/mol. The van der Waals surface area contributed by atoms with E-state index in [-0.39, 0.29) is 29.5 Å². The van der Waals surface area contributed by atoms with Crippen LogP contribution >= 0.6 is 24.0 Å². The molecule has 0 unspecified atom stereocenters. The van der Waals surface area contributed by atoms with Crippen molar-refractivity contribution < 1.29 is 0 Å². The summed E-state index contributed by atoms with van der Waals surface area (Å²) < 4.78 is 0. The second kappa shape index (κ2) is 9.92. The molecule has 0 fully saturated rings. The molecule has 0 atom stereocenters. The van der Waals surface area contributed by atoms with E-state index in [1.54, 1.807) is 7.05 Å². The Kier molecular flexibility index (Phi) is 9.48. The van der Waals surface area contributed by atoms with E-state index < -0.39 is 0 Å². The Morgan fingerprint density at radius 1 is 1.14 bits per heavy atom. The molecule has 1 aromatic rings. The minimum atomic E-state index is 0.